The van der Waals surface area contributed by atoms with Crippen LogP contribution in [0.1, 0.15) is 33.3 Å². The van der Waals surface area contributed by atoms with E-state index < -0.39 is 21.8 Å². The van der Waals surface area contributed by atoms with Crippen molar-refractivity contribution < 1.29 is 18.0 Å². The predicted molar refractivity (Wildman–Crippen MR) is 96.5 cm³/mol. The average molecular weight is 369 g/mol. The second kappa shape index (κ2) is 9.53. The Kier molecular flexibility index (Phi) is 8.05. The minimum Gasteiger partial charge on any atom is -0.348 e. The number of carbonyl (C=O) groups is 2. The molecule has 0 heterocycles. The first-order chi connectivity index (χ1) is 11.7. The van der Waals surface area contributed by atoms with Gasteiger partial charge in [-0.3, -0.25) is 9.59 Å². The Balaban J connectivity index is 2.61. The first-order valence-electron chi connectivity index (χ1n) is 8.40. The summed E-state index contributed by atoms with van der Waals surface area (Å²) < 4.78 is 26.2. The Bertz CT molecular complexity index is 680. The molecule has 0 bridgehead atoms. The lowest BCUT2D eigenvalue weighted by Gasteiger charge is -2.18. The Morgan fingerprint density at radius 3 is 2.08 bits per heavy atom. The van der Waals surface area contributed by atoms with E-state index in [4.69, 9.17) is 0 Å². The van der Waals surface area contributed by atoms with E-state index in [2.05, 4.69) is 10.6 Å². The summed E-state index contributed by atoms with van der Waals surface area (Å²) >= 11 is 0. The molecule has 2 N–H and O–H groups in total. The molecule has 0 aliphatic rings. The molecule has 0 saturated heterocycles. The number of nitrogens with zero attached hydrogens (tertiary/aromatic N) is 1. The molecule has 0 aliphatic carbocycles. The van der Waals surface area contributed by atoms with Gasteiger partial charge in [0.2, 0.25) is 10.0 Å². The maximum Gasteiger partial charge on any atom is 0.309 e. The van der Waals surface area contributed by atoms with Crippen molar-refractivity contribution in [3.05, 3.63) is 29.8 Å². The van der Waals surface area contributed by atoms with Gasteiger partial charge in [-0.15, -0.1) is 0 Å². The Morgan fingerprint density at radius 2 is 1.60 bits per heavy atom. The summed E-state index contributed by atoms with van der Waals surface area (Å²) in [6, 6.07) is 6.47. The van der Waals surface area contributed by atoms with E-state index in [0.717, 1.165) is 5.56 Å². The van der Waals surface area contributed by atoms with Crippen LogP contribution in [-0.4, -0.2) is 50.2 Å². The second-order valence-corrected chi connectivity index (χ2v) is 7.81. The molecule has 2 amide bonds. The number of hydrogen-bond acceptors (Lipinski definition) is 4. The van der Waals surface area contributed by atoms with Crippen molar-refractivity contribution in [3.63, 3.8) is 0 Å². The SMILES string of the molecule is CCN(CC)S(=O)(=O)c1ccc(CCNC(=O)C(=O)NC(C)C)cc1. The highest BCUT2D eigenvalue weighted by Gasteiger charge is 2.21. The summed E-state index contributed by atoms with van der Waals surface area (Å²) in [6.45, 7) is 8.29. The van der Waals surface area contributed by atoms with E-state index in [1.165, 1.54) is 4.31 Å². The average Bonchev–Trinajstić information content (AvgIpc) is 2.55. The van der Waals surface area contributed by atoms with Crippen LogP contribution in [0.25, 0.3) is 0 Å². The van der Waals surface area contributed by atoms with Crippen LogP contribution in [0.15, 0.2) is 29.2 Å². The largest absolute Gasteiger partial charge is 0.348 e. The van der Waals surface area contributed by atoms with Gasteiger partial charge in [0.05, 0.1) is 4.90 Å². The van der Waals surface area contributed by atoms with E-state index in [9.17, 15) is 18.0 Å². The van der Waals surface area contributed by atoms with Crippen molar-refractivity contribution >= 4 is 21.8 Å². The maximum absolute atomic E-state index is 12.4. The molecule has 1 rings (SSSR count). The van der Waals surface area contributed by atoms with Gasteiger partial charge in [0.25, 0.3) is 0 Å². The number of hydrogen-bond donors (Lipinski definition) is 2. The van der Waals surface area contributed by atoms with E-state index in [0.29, 0.717) is 26.1 Å². The van der Waals surface area contributed by atoms with Crippen LogP contribution in [0, 0.1) is 0 Å². The van der Waals surface area contributed by atoms with Gasteiger partial charge in [0.1, 0.15) is 0 Å². The van der Waals surface area contributed by atoms with Crippen molar-refractivity contribution in [1.82, 2.24) is 14.9 Å². The van der Waals surface area contributed by atoms with Gasteiger partial charge in [-0.25, -0.2) is 8.42 Å². The van der Waals surface area contributed by atoms with Crippen molar-refractivity contribution in [2.75, 3.05) is 19.6 Å². The number of amides is 2. The molecular weight excluding hydrogens is 342 g/mol. The standard InChI is InChI=1S/C17H27N3O4S/c1-5-20(6-2)25(23,24)15-9-7-14(8-10-15)11-12-18-16(21)17(22)19-13(3)4/h7-10,13H,5-6,11-12H2,1-4H3,(H,18,21)(H,19,22). The fourth-order valence-corrected chi connectivity index (χ4v) is 3.73. The molecule has 0 aliphatic heterocycles. The number of sulfonamides is 1. The van der Waals surface area contributed by atoms with E-state index in [1.807, 2.05) is 0 Å². The van der Waals surface area contributed by atoms with Crippen LogP contribution in [0.5, 0.6) is 0 Å². The highest BCUT2D eigenvalue weighted by atomic mass is 32.2. The Hall–Kier alpha value is -1.93. The normalized spacial score (nSPS) is 11.6. The van der Waals surface area contributed by atoms with E-state index in [-0.39, 0.29) is 10.9 Å². The summed E-state index contributed by atoms with van der Waals surface area (Å²) in [6.07, 6.45) is 0.506. The lowest BCUT2D eigenvalue weighted by molar-refractivity contribution is -0.139. The molecule has 0 fully saturated rings. The van der Waals surface area contributed by atoms with Crippen LogP contribution in [0.2, 0.25) is 0 Å². The lowest BCUT2D eigenvalue weighted by Crippen LogP contribution is -2.43. The fraction of sp³-hybridized carbons (Fsp3) is 0.529. The number of rotatable bonds is 8. The molecule has 1 aromatic rings. The molecule has 140 valence electrons. The third-order valence-corrected chi connectivity index (χ3v) is 5.66. The topological polar surface area (TPSA) is 95.6 Å². The molecule has 25 heavy (non-hydrogen) atoms. The lowest BCUT2D eigenvalue weighted by atomic mass is 10.1. The number of benzene rings is 1. The van der Waals surface area contributed by atoms with Gasteiger partial charge in [-0.1, -0.05) is 26.0 Å². The minimum atomic E-state index is -3.46. The second-order valence-electron chi connectivity index (χ2n) is 5.87. The molecule has 0 aromatic heterocycles. The van der Waals surface area contributed by atoms with Gasteiger partial charge in [-0.05, 0) is 38.0 Å². The first kappa shape index (κ1) is 21.1. The van der Waals surface area contributed by atoms with Crippen LogP contribution in [0.4, 0.5) is 0 Å². The van der Waals surface area contributed by atoms with Crippen LogP contribution in [0.3, 0.4) is 0 Å². The third kappa shape index (κ3) is 6.13. The van der Waals surface area contributed by atoms with Crippen LogP contribution in [-0.2, 0) is 26.0 Å². The Morgan fingerprint density at radius 1 is 1.04 bits per heavy atom. The molecule has 1 aromatic carbocycles. The van der Waals surface area contributed by atoms with Gasteiger partial charge in [0, 0.05) is 25.7 Å². The molecule has 0 unspecified atom stereocenters. The zero-order chi connectivity index (χ0) is 19.0. The zero-order valence-corrected chi connectivity index (χ0v) is 16.0. The molecule has 0 spiro atoms. The van der Waals surface area contributed by atoms with Crippen molar-refractivity contribution in [2.24, 2.45) is 0 Å². The fourth-order valence-electron chi connectivity index (χ4n) is 2.27. The highest BCUT2D eigenvalue weighted by molar-refractivity contribution is 7.89. The molecule has 7 nitrogen and oxygen atoms in total. The number of carbonyl (C=O) groups excluding carboxylic acids is 2. The van der Waals surface area contributed by atoms with Gasteiger partial charge in [-0.2, -0.15) is 4.31 Å². The summed E-state index contributed by atoms with van der Waals surface area (Å²) in [5, 5.41) is 5.05. The number of nitrogens with one attached hydrogen (secondary N) is 2. The summed E-state index contributed by atoms with van der Waals surface area (Å²) in [5.74, 6) is -1.33. The third-order valence-electron chi connectivity index (χ3n) is 3.59. The maximum atomic E-state index is 12.4. The monoisotopic (exact) mass is 369 g/mol. The van der Waals surface area contributed by atoms with Crippen molar-refractivity contribution in [2.45, 2.75) is 45.1 Å². The minimum absolute atomic E-state index is 0.0986. The van der Waals surface area contributed by atoms with Crippen LogP contribution < -0.4 is 10.6 Å². The van der Waals surface area contributed by atoms with Gasteiger partial charge >= 0.3 is 11.8 Å². The molecular formula is C17H27N3O4S. The zero-order valence-electron chi connectivity index (χ0n) is 15.2. The summed E-state index contributed by atoms with van der Waals surface area (Å²) in [7, 11) is -3.46. The first-order valence-corrected chi connectivity index (χ1v) is 9.84. The smallest absolute Gasteiger partial charge is 0.309 e. The summed E-state index contributed by atoms with van der Waals surface area (Å²) in [5.41, 5.74) is 0.878. The Labute approximate surface area is 149 Å². The molecule has 8 heteroatoms. The molecule has 0 radical (unpaired) electrons. The van der Waals surface area contributed by atoms with E-state index in [1.54, 1.807) is 52.0 Å². The van der Waals surface area contributed by atoms with Crippen LogP contribution >= 0.6 is 0 Å². The van der Waals surface area contributed by atoms with Crippen molar-refractivity contribution in [1.29, 1.82) is 0 Å². The highest BCUT2D eigenvalue weighted by Crippen LogP contribution is 2.16. The van der Waals surface area contributed by atoms with Gasteiger partial charge in [0.15, 0.2) is 0 Å². The van der Waals surface area contributed by atoms with Crippen molar-refractivity contribution in [3.8, 4) is 0 Å². The van der Waals surface area contributed by atoms with E-state index >= 15 is 0 Å². The molecule has 0 atom stereocenters. The summed E-state index contributed by atoms with van der Waals surface area (Å²) in [4.78, 5) is 23.3. The molecule has 0 saturated carbocycles. The van der Waals surface area contributed by atoms with Gasteiger partial charge < -0.3 is 10.6 Å². The quantitative estimate of drug-likeness (QED) is 0.666. The predicted octanol–water partition coefficient (Wildman–Crippen LogP) is 0.900.